The summed E-state index contributed by atoms with van der Waals surface area (Å²) in [7, 11) is 0. The standard InChI is InChI=1S/C20H12ClF4N7O2/c21-16-14(3-6-28-18(16)26)34-13-2-1-10(7-12(13)22)31-19(33)11-8-30-32(17(11)20(23,24)25)15-4-5-27-9-29-15/h1-9H,(H2,26,28)(H,31,33). The number of carbonyl (C=O) groups excluding carboxylic acids is 1. The van der Waals surface area contributed by atoms with Gasteiger partial charge in [-0.3, -0.25) is 4.79 Å². The Hall–Kier alpha value is -4.26. The zero-order valence-electron chi connectivity index (χ0n) is 16.7. The molecule has 0 aliphatic rings. The van der Waals surface area contributed by atoms with E-state index < -0.39 is 29.2 Å². The second-order valence-electron chi connectivity index (χ2n) is 6.59. The Bertz CT molecular complexity index is 1360. The minimum absolute atomic E-state index is 0.0218. The summed E-state index contributed by atoms with van der Waals surface area (Å²) in [5, 5.41) is 5.82. The SMILES string of the molecule is Nc1nccc(Oc2ccc(NC(=O)c3cnn(-c4ccncn4)c3C(F)(F)F)cc2F)c1Cl. The van der Waals surface area contributed by atoms with Crippen LogP contribution in [0.15, 0.2) is 55.2 Å². The second-order valence-corrected chi connectivity index (χ2v) is 6.97. The van der Waals surface area contributed by atoms with Gasteiger partial charge in [0.05, 0.1) is 11.8 Å². The van der Waals surface area contributed by atoms with Crippen molar-refractivity contribution in [2.24, 2.45) is 0 Å². The van der Waals surface area contributed by atoms with Crippen molar-refractivity contribution >= 4 is 29.0 Å². The van der Waals surface area contributed by atoms with Crippen LogP contribution in [0.2, 0.25) is 5.02 Å². The molecule has 0 aliphatic heterocycles. The van der Waals surface area contributed by atoms with Crippen molar-refractivity contribution in [3.63, 3.8) is 0 Å². The molecule has 34 heavy (non-hydrogen) atoms. The number of anilines is 2. The van der Waals surface area contributed by atoms with Crippen LogP contribution in [0.25, 0.3) is 5.82 Å². The maximum atomic E-state index is 14.5. The number of nitrogens with one attached hydrogen (secondary N) is 1. The first-order chi connectivity index (χ1) is 16.1. The van der Waals surface area contributed by atoms with Crippen molar-refractivity contribution in [1.82, 2.24) is 24.7 Å². The summed E-state index contributed by atoms with van der Waals surface area (Å²) in [5.74, 6) is -2.52. The molecule has 4 aromatic rings. The molecule has 1 aromatic carbocycles. The minimum atomic E-state index is -4.94. The molecule has 174 valence electrons. The Morgan fingerprint density at radius 3 is 2.59 bits per heavy atom. The molecule has 0 fully saturated rings. The molecule has 0 spiro atoms. The first-order valence-corrected chi connectivity index (χ1v) is 9.63. The monoisotopic (exact) mass is 493 g/mol. The van der Waals surface area contributed by atoms with Crippen molar-refractivity contribution in [2.45, 2.75) is 6.18 Å². The maximum absolute atomic E-state index is 14.5. The van der Waals surface area contributed by atoms with Gasteiger partial charge in [0, 0.05) is 36.3 Å². The Kier molecular flexibility index (Phi) is 6.03. The molecular formula is C20H12ClF4N7O2. The van der Waals surface area contributed by atoms with E-state index in [0.29, 0.717) is 4.68 Å². The van der Waals surface area contributed by atoms with Crippen LogP contribution < -0.4 is 15.8 Å². The highest BCUT2D eigenvalue weighted by atomic mass is 35.5. The fraction of sp³-hybridized carbons (Fsp3) is 0.0500. The first-order valence-electron chi connectivity index (χ1n) is 9.25. The van der Waals surface area contributed by atoms with E-state index in [0.717, 1.165) is 24.7 Å². The van der Waals surface area contributed by atoms with E-state index in [4.69, 9.17) is 22.1 Å². The number of alkyl halides is 3. The number of hydrogen-bond acceptors (Lipinski definition) is 7. The molecule has 3 heterocycles. The molecule has 9 nitrogen and oxygen atoms in total. The highest BCUT2D eigenvalue weighted by Crippen LogP contribution is 2.35. The average Bonchev–Trinajstić information content (AvgIpc) is 3.25. The number of amides is 1. The van der Waals surface area contributed by atoms with Crippen LogP contribution in [0.1, 0.15) is 16.1 Å². The van der Waals surface area contributed by atoms with Crippen LogP contribution in [-0.2, 0) is 6.18 Å². The molecular weight excluding hydrogens is 482 g/mol. The molecule has 1 amide bonds. The predicted molar refractivity (Wildman–Crippen MR) is 112 cm³/mol. The van der Waals surface area contributed by atoms with E-state index in [9.17, 15) is 22.4 Å². The summed E-state index contributed by atoms with van der Waals surface area (Å²) < 4.78 is 61.6. The fourth-order valence-electron chi connectivity index (χ4n) is 2.87. The summed E-state index contributed by atoms with van der Waals surface area (Å²) in [6.45, 7) is 0. The van der Waals surface area contributed by atoms with Crippen LogP contribution >= 0.6 is 11.6 Å². The van der Waals surface area contributed by atoms with Gasteiger partial charge >= 0.3 is 6.18 Å². The second kappa shape index (κ2) is 8.94. The molecule has 3 N–H and O–H groups in total. The maximum Gasteiger partial charge on any atom is 0.434 e. The Balaban J connectivity index is 1.59. The van der Waals surface area contributed by atoms with Crippen LogP contribution in [0, 0.1) is 5.82 Å². The molecule has 0 bridgehead atoms. The molecule has 0 atom stereocenters. The van der Waals surface area contributed by atoms with E-state index in [1.807, 2.05) is 0 Å². The van der Waals surface area contributed by atoms with E-state index in [-0.39, 0.29) is 33.8 Å². The zero-order chi connectivity index (χ0) is 24.5. The average molecular weight is 494 g/mol. The normalized spacial score (nSPS) is 11.3. The van der Waals surface area contributed by atoms with Crippen molar-refractivity contribution in [3.8, 4) is 17.3 Å². The Morgan fingerprint density at radius 2 is 1.91 bits per heavy atom. The fourth-order valence-corrected chi connectivity index (χ4v) is 3.02. The van der Waals surface area contributed by atoms with Gasteiger partial charge in [0.15, 0.2) is 28.8 Å². The number of rotatable bonds is 5. The van der Waals surface area contributed by atoms with Gasteiger partial charge in [-0.25, -0.2) is 24.0 Å². The number of nitrogen functional groups attached to an aromatic ring is 1. The molecule has 0 unspecified atom stereocenters. The van der Waals surface area contributed by atoms with E-state index >= 15 is 0 Å². The Labute approximate surface area is 193 Å². The molecule has 0 saturated heterocycles. The zero-order valence-corrected chi connectivity index (χ0v) is 17.5. The topological polar surface area (TPSA) is 121 Å². The van der Waals surface area contributed by atoms with E-state index in [1.165, 1.54) is 30.6 Å². The lowest BCUT2D eigenvalue weighted by atomic mass is 10.2. The number of aromatic nitrogens is 5. The van der Waals surface area contributed by atoms with Crippen LogP contribution in [0.4, 0.5) is 29.1 Å². The number of carbonyl (C=O) groups is 1. The summed E-state index contributed by atoms with van der Waals surface area (Å²) >= 11 is 5.96. The lowest BCUT2D eigenvalue weighted by Gasteiger charge is -2.13. The first kappa shape index (κ1) is 22.9. The van der Waals surface area contributed by atoms with Crippen molar-refractivity contribution < 1.29 is 27.1 Å². The summed E-state index contributed by atoms with van der Waals surface area (Å²) in [6.07, 6.45) is -0.629. The summed E-state index contributed by atoms with van der Waals surface area (Å²) in [5.41, 5.74) is 3.30. The van der Waals surface area contributed by atoms with Gasteiger partial charge in [-0.1, -0.05) is 11.6 Å². The number of pyridine rings is 1. The number of nitrogens with two attached hydrogens (primary N) is 1. The minimum Gasteiger partial charge on any atom is -0.453 e. The van der Waals surface area contributed by atoms with Gasteiger partial charge < -0.3 is 15.8 Å². The predicted octanol–water partition coefficient (Wildman–Crippen LogP) is 4.50. The van der Waals surface area contributed by atoms with E-state index in [2.05, 4.69) is 25.4 Å². The third-order valence-corrected chi connectivity index (χ3v) is 4.74. The third kappa shape index (κ3) is 4.59. The summed E-state index contributed by atoms with van der Waals surface area (Å²) in [4.78, 5) is 23.7. The van der Waals surface area contributed by atoms with Crippen LogP contribution in [-0.4, -0.2) is 30.6 Å². The van der Waals surface area contributed by atoms with Gasteiger partial charge in [-0.15, -0.1) is 0 Å². The molecule has 3 aromatic heterocycles. The quantitative estimate of drug-likeness (QED) is 0.393. The number of nitrogens with zero attached hydrogens (tertiary/aromatic N) is 5. The third-order valence-electron chi connectivity index (χ3n) is 4.36. The molecule has 14 heteroatoms. The molecule has 0 aliphatic carbocycles. The summed E-state index contributed by atoms with van der Waals surface area (Å²) in [6, 6.07) is 5.82. The largest absolute Gasteiger partial charge is 0.453 e. The van der Waals surface area contributed by atoms with Gasteiger partial charge in [0.1, 0.15) is 17.2 Å². The van der Waals surface area contributed by atoms with Crippen molar-refractivity contribution in [1.29, 1.82) is 0 Å². The van der Waals surface area contributed by atoms with Gasteiger partial charge in [-0.05, 0) is 12.1 Å². The number of halogens is 5. The lowest BCUT2D eigenvalue weighted by molar-refractivity contribution is -0.143. The van der Waals surface area contributed by atoms with Gasteiger partial charge in [0.2, 0.25) is 0 Å². The van der Waals surface area contributed by atoms with Gasteiger partial charge in [0.25, 0.3) is 5.91 Å². The lowest BCUT2D eigenvalue weighted by Crippen LogP contribution is -2.21. The van der Waals surface area contributed by atoms with E-state index in [1.54, 1.807) is 0 Å². The molecule has 0 saturated carbocycles. The molecule has 4 rings (SSSR count). The van der Waals surface area contributed by atoms with Crippen molar-refractivity contribution in [2.75, 3.05) is 11.1 Å². The van der Waals surface area contributed by atoms with Crippen LogP contribution in [0.3, 0.4) is 0 Å². The Morgan fingerprint density at radius 1 is 1.12 bits per heavy atom. The highest BCUT2D eigenvalue weighted by molar-refractivity contribution is 6.34. The van der Waals surface area contributed by atoms with Crippen LogP contribution in [0.5, 0.6) is 11.5 Å². The smallest absolute Gasteiger partial charge is 0.434 e. The van der Waals surface area contributed by atoms with Gasteiger partial charge in [-0.2, -0.15) is 18.3 Å². The highest BCUT2D eigenvalue weighted by Gasteiger charge is 2.41. The van der Waals surface area contributed by atoms with Crippen molar-refractivity contribution in [3.05, 3.63) is 77.3 Å². The number of benzene rings is 1. The number of hydrogen-bond donors (Lipinski definition) is 2. The number of ether oxygens (including phenoxy) is 1. The molecule has 0 radical (unpaired) electrons.